The molecule has 1 heterocycles. The van der Waals surface area contributed by atoms with E-state index >= 15 is 0 Å². The first-order chi connectivity index (χ1) is 14.8. The predicted octanol–water partition coefficient (Wildman–Crippen LogP) is 4.25. The van der Waals surface area contributed by atoms with Gasteiger partial charge in [0.15, 0.2) is 0 Å². The number of rotatable bonds is 7. The van der Waals surface area contributed by atoms with Crippen molar-refractivity contribution in [1.82, 2.24) is 10.3 Å². The fourth-order valence-electron chi connectivity index (χ4n) is 2.86. The van der Waals surface area contributed by atoms with Crippen LogP contribution >= 0.6 is 0 Å². The van der Waals surface area contributed by atoms with Crippen molar-refractivity contribution in [2.24, 2.45) is 0 Å². The molecule has 9 heteroatoms. The Morgan fingerprint density at radius 1 is 1.12 bits per heavy atom. The van der Waals surface area contributed by atoms with Crippen molar-refractivity contribution in [3.8, 4) is 5.88 Å². The number of likely N-dealkylation sites (N-methyl/N-ethyl adjacent to an activating group) is 1. The fraction of sp³-hybridized carbons (Fsp3) is 0.435. The van der Waals surface area contributed by atoms with E-state index in [-0.39, 0.29) is 18.1 Å². The van der Waals surface area contributed by atoms with Gasteiger partial charge < -0.3 is 19.7 Å². The normalized spacial score (nSPS) is 12.3. The van der Waals surface area contributed by atoms with Gasteiger partial charge >= 0.3 is 6.09 Å². The molecule has 1 N–H and O–H groups in total. The van der Waals surface area contributed by atoms with Gasteiger partial charge in [-0.2, -0.15) is 0 Å². The fourth-order valence-corrected chi connectivity index (χ4v) is 2.86. The standard InChI is InChI=1S/C23H29F2N3O4/c1-14(2)31-20-8-7-18(13-26-20)28(6)21(29)19(27-22(30)32-23(3,4)5)11-15-9-16(24)12-17(25)10-15/h7-10,12-14,19H,11H2,1-6H3,(H,27,30)/t19-/m0/s1. The molecule has 32 heavy (non-hydrogen) atoms. The van der Waals surface area contributed by atoms with Gasteiger partial charge in [-0.1, -0.05) is 0 Å². The van der Waals surface area contributed by atoms with Crippen molar-refractivity contribution >= 4 is 17.7 Å². The monoisotopic (exact) mass is 449 g/mol. The molecule has 0 aliphatic heterocycles. The minimum atomic E-state index is -1.14. The van der Waals surface area contributed by atoms with Crippen LogP contribution in [0.5, 0.6) is 5.88 Å². The Balaban J connectivity index is 2.25. The zero-order chi connectivity index (χ0) is 24.1. The Morgan fingerprint density at radius 3 is 2.25 bits per heavy atom. The third kappa shape index (κ3) is 7.79. The van der Waals surface area contributed by atoms with Crippen LogP contribution in [0.25, 0.3) is 0 Å². The van der Waals surface area contributed by atoms with E-state index in [2.05, 4.69) is 10.3 Å². The lowest BCUT2D eigenvalue weighted by molar-refractivity contribution is -0.120. The highest BCUT2D eigenvalue weighted by Gasteiger charge is 2.28. The Kier molecular flexibility index (Phi) is 8.13. The van der Waals surface area contributed by atoms with Crippen LogP contribution in [0, 0.1) is 11.6 Å². The summed E-state index contributed by atoms with van der Waals surface area (Å²) in [6.07, 6.45) is 0.447. The topological polar surface area (TPSA) is 80.8 Å². The SMILES string of the molecule is CC(C)Oc1ccc(N(C)C(=O)[C@H](Cc2cc(F)cc(F)c2)NC(=O)OC(C)(C)C)cn1. The molecule has 0 aliphatic carbocycles. The second kappa shape index (κ2) is 10.4. The average Bonchev–Trinajstić information content (AvgIpc) is 2.64. The van der Waals surface area contributed by atoms with Crippen molar-refractivity contribution in [1.29, 1.82) is 0 Å². The van der Waals surface area contributed by atoms with Gasteiger partial charge in [0.2, 0.25) is 11.8 Å². The lowest BCUT2D eigenvalue weighted by Crippen LogP contribution is -2.50. The zero-order valence-corrected chi connectivity index (χ0v) is 19.1. The van der Waals surface area contributed by atoms with E-state index in [0.717, 1.165) is 18.2 Å². The zero-order valence-electron chi connectivity index (χ0n) is 19.1. The summed E-state index contributed by atoms with van der Waals surface area (Å²) < 4.78 is 38.0. The number of hydrogen-bond donors (Lipinski definition) is 1. The molecule has 2 rings (SSSR count). The van der Waals surface area contributed by atoms with Crippen molar-refractivity contribution in [2.75, 3.05) is 11.9 Å². The van der Waals surface area contributed by atoms with E-state index in [9.17, 15) is 18.4 Å². The number of nitrogens with one attached hydrogen (secondary N) is 1. The number of alkyl carbamates (subject to hydrolysis) is 1. The van der Waals surface area contributed by atoms with Gasteiger partial charge in [-0.05, 0) is 58.4 Å². The summed E-state index contributed by atoms with van der Waals surface area (Å²) in [5, 5.41) is 2.51. The van der Waals surface area contributed by atoms with Crippen LogP contribution in [-0.2, 0) is 16.0 Å². The van der Waals surface area contributed by atoms with Gasteiger partial charge in [0.05, 0.1) is 18.0 Å². The molecule has 0 spiro atoms. The molecular weight excluding hydrogens is 420 g/mol. The number of carbonyl (C=O) groups is 2. The number of benzene rings is 1. The molecule has 0 radical (unpaired) electrons. The summed E-state index contributed by atoms with van der Waals surface area (Å²) in [7, 11) is 1.51. The van der Waals surface area contributed by atoms with Crippen molar-refractivity contribution in [3.63, 3.8) is 0 Å². The quantitative estimate of drug-likeness (QED) is 0.684. The van der Waals surface area contributed by atoms with Crippen LogP contribution in [0.2, 0.25) is 0 Å². The first kappa shape index (κ1) is 25.0. The lowest BCUT2D eigenvalue weighted by Gasteiger charge is -2.26. The number of nitrogens with zero attached hydrogens (tertiary/aromatic N) is 2. The molecular formula is C23H29F2N3O4. The first-order valence-corrected chi connectivity index (χ1v) is 10.2. The molecule has 1 aromatic heterocycles. The van der Waals surface area contributed by atoms with Crippen LogP contribution < -0.4 is 15.0 Å². The molecule has 0 saturated carbocycles. The number of hydrogen-bond acceptors (Lipinski definition) is 5. The number of ether oxygens (including phenoxy) is 2. The molecule has 0 saturated heterocycles. The second-order valence-electron chi connectivity index (χ2n) is 8.60. The minimum Gasteiger partial charge on any atom is -0.475 e. The smallest absolute Gasteiger partial charge is 0.408 e. The number of aromatic nitrogens is 1. The maximum atomic E-state index is 13.6. The number of amides is 2. The van der Waals surface area contributed by atoms with Crippen molar-refractivity contribution in [3.05, 3.63) is 53.7 Å². The molecule has 0 unspecified atom stereocenters. The van der Waals surface area contributed by atoms with Crippen molar-refractivity contribution in [2.45, 2.75) is 58.8 Å². The molecule has 0 fully saturated rings. The van der Waals surface area contributed by atoms with Crippen molar-refractivity contribution < 1.29 is 27.8 Å². The largest absolute Gasteiger partial charge is 0.475 e. The summed E-state index contributed by atoms with van der Waals surface area (Å²) >= 11 is 0. The van der Waals surface area contributed by atoms with Crippen LogP contribution in [0.3, 0.4) is 0 Å². The van der Waals surface area contributed by atoms with Gasteiger partial charge in [-0.15, -0.1) is 0 Å². The Bertz CT molecular complexity index is 923. The average molecular weight is 449 g/mol. The second-order valence-corrected chi connectivity index (χ2v) is 8.60. The Morgan fingerprint density at radius 2 is 1.75 bits per heavy atom. The van der Waals surface area contributed by atoms with Crippen LogP contribution in [-0.4, -0.2) is 41.8 Å². The van der Waals surface area contributed by atoms with E-state index < -0.39 is 35.3 Å². The highest BCUT2D eigenvalue weighted by atomic mass is 19.1. The van der Waals surface area contributed by atoms with E-state index in [1.165, 1.54) is 18.1 Å². The van der Waals surface area contributed by atoms with Gasteiger partial charge in [0.25, 0.3) is 0 Å². The van der Waals surface area contributed by atoms with E-state index in [1.807, 2.05) is 13.8 Å². The van der Waals surface area contributed by atoms with Gasteiger partial charge in [-0.3, -0.25) is 4.79 Å². The van der Waals surface area contributed by atoms with Crippen LogP contribution in [0.4, 0.5) is 19.3 Å². The number of halogens is 2. The molecule has 0 aliphatic rings. The Hall–Kier alpha value is -3.23. The first-order valence-electron chi connectivity index (χ1n) is 10.2. The maximum Gasteiger partial charge on any atom is 0.408 e. The molecule has 174 valence electrons. The van der Waals surface area contributed by atoms with Crippen LogP contribution in [0.15, 0.2) is 36.5 Å². The molecule has 1 aromatic carbocycles. The van der Waals surface area contributed by atoms with Crippen LogP contribution in [0.1, 0.15) is 40.2 Å². The highest BCUT2D eigenvalue weighted by molar-refractivity contribution is 5.98. The molecule has 1 atom stereocenters. The number of carbonyl (C=O) groups excluding carboxylic acids is 2. The molecule has 2 aromatic rings. The third-order valence-electron chi connectivity index (χ3n) is 4.15. The van der Waals surface area contributed by atoms with E-state index in [0.29, 0.717) is 11.6 Å². The molecule has 0 bridgehead atoms. The number of pyridine rings is 1. The predicted molar refractivity (Wildman–Crippen MR) is 117 cm³/mol. The lowest BCUT2D eigenvalue weighted by atomic mass is 10.0. The maximum absolute atomic E-state index is 13.6. The molecule has 7 nitrogen and oxygen atoms in total. The summed E-state index contributed by atoms with van der Waals surface area (Å²) in [6, 6.07) is 5.09. The molecule has 2 amide bonds. The number of anilines is 1. The van der Waals surface area contributed by atoms with E-state index in [1.54, 1.807) is 32.9 Å². The minimum absolute atomic E-state index is 0.0539. The third-order valence-corrected chi connectivity index (χ3v) is 4.15. The van der Waals surface area contributed by atoms with Gasteiger partial charge in [0.1, 0.15) is 23.3 Å². The summed E-state index contributed by atoms with van der Waals surface area (Å²) in [5.74, 6) is -1.66. The van der Waals surface area contributed by atoms with E-state index in [4.69, 9.17) is 9.47 Å². The summed E-state index contributed by atoms with van der Waals surface area (Å²) in [4.78, 5) is 31.0. The summed E-state index contributed by atoms with van der Waals surface area (Å²) in [5.41, 5.74) is -0.123. The summed E-state index contributed by atoms with van der Waals surface area (Å²) in [6.45, 7) is 8.79. The Labute approximate surface area is 186 Å². The van der Waals surface area contributed by atoms with Gasteiger partial charge in [0, 0.05) is 25.6 Å². The highest BCUT2D eigenvalue weighted by Crippen LogP contribution is 2.19. The van der Waals surface area contributed by atoms with Gasteiger partial charge in [-0.25, -0.2) is 18.6 Å².